The molecule has 0 spiro atoms. The van der Waals surface area contributed by atoms with Gasteiger partial charge in [0.1, 0.15) is 0 Å². The minimum Gasteiger partial charge on any atom is -0.340 e. The third-order valence-corrected chi connectivity index (χ3v) is 4.79. The highest BCUT2D eigenvalue weighted by molar-refractivity contribution is 5.76. The van der Waals surface area contributed by atoms with Gasteiger partial charge < -0.3 is 4.90 Å². The Hall–Kier alpha value is -2.11. The molecule has 2 atom stereocenters. The van der Waals surface area contributed by atoms with Gasteiger partial charge in [-0.25, -0.2) is 0 Å². The van der Waals surface area contributed by atoms with Crippen LogP contribution in [0.2, 0.25) is 0 Å². The first kappa shape index (κ1) is 16.7. The molecule has 6 nitrogen and oxygen atoms in total. The van der Waals surface area contributed by atoms with E-state index >= 15 is 0 Å². The van der Waals surface area contributed by atoms with Gasteiger partial charge in [0.15, 0.2) is 0 Å². The molecule has 0 N–H and O–H groups in total. The second kappa shape index (κ2) is 6.79. The molecule has 0 radical (unpaired) electrons. The number of amides is 1. The Kier molecular flexibility index (Phi) is 4.73. The van der Waals surface area contributed by atoms with Gasteiger partial charge in [-0.1, -0.05) is 0 Å². The molecule has 0 aromatic carbocycles. The molecule has 2 aromatic rings. The molecular weight excluding hydrogens is 302 g/mol. The number of nitrogens with zero attached hydrogens (tertiary/aromatic N) is 5. The van der Waals surface area contributed by atoms with Crippen molar-refractivity contribution in [3.8, 4) is 0 Å². The van der Waals surface area contributed by atoms with Crippen molar-refractivity contribution in [2.45, 2.75) is 59.0 Å². The van der Waals surface area contributed by atoms with Crippen LogP contribution in [0.5, 0.6) is 0 Å². The Morgan fingerprint density at radius 2 is 2.17 bits per heavy atom. The lowest BCUT2D eigenvalue weighted by molar-refractivity contribution is -0.133. The van der Waals surface area contributed by atoms with Crippen molar-refractivity contribution in [3.05, 3.63) is 35.4 Å². The van der Waals surface area contributed by atoms with Gasteiger partial charge in [-0.2, -0.15) is 10.2 Å². The molecule has 0 unspecified atom stereocenters. The van der Waals surface area contributed by atoms with Gasteiger partial charge >= 0.3 is 0 Å². The summed E-state index contributed by atoms with van der Waals surface area (Å²) < 4.78 is 3.98. The molecular formula is C18H27N5O. The second-order valence-corrected chi connectivity index (χ2v) is 7.06. The minimum atomic E-state index is 0.0820. The molecule has 3 heterocycles. The zero-order valence-corrected chi connectivity index (χ0v) is 15.1. The average Bonchev–Trinajstić information content (AvgIpc) is 3.12. The molecule has 0 bridgehead atoms. The van der Waals surface area contributed by atoms with Crippen molar-refractivity contribution in [1.29, 1.82) is 0 Å². The lowest BCUT2D eigenvalue weighted by atomic mass is 10.0. The molecule has 3 rings (SSSR count). The van der Waals surface area contributed by atoms with E-state index in [1.54, 1.807) is 0 Å². The second-order valence-electron chi connectivity index (χ2n) is 7.06. The predicted molar refractivity (Wildman–Crippen MR) is 92.8 cm³/mol. The van der Waals surface area contributed by atoms with Gasteiger partial charge in [-0.3, -0.25) is 14.2 Å². The number of aromatic nitrogens is 4. The fraction of sp³-hybridized carbons (Fsp3) is 0.611. The number of piperidine rings is 1. The smallest absolute Gasteiger partial charge is 0.224 e. The number of carbonyl (C=O) groups excluding carboxylic acids is 1. The van der Waals surface area contributed by atoms with Crippen LogP contribution in [0.15, 0.2) is 18.5 Å². The van der Waals surface area contributed by atoms with E-state index in [2.05, 4.69) is 29.4 Å². The maximum Gasteiger partial charge on any atom is 0.224 e. The topological polar surface area (TPSA) is 56.0 Å². The molecule has 0 aliphatic carbocycles. The van der Waals surface area contributed by atoms with Gasteiger partial charge in [0.2, 0.25) is 5.91 Å². The number of carbonyl (C=O) groups is 1. The largest absolute Gasteiger partial charge is 0.340 e. The Morgan fingerprint density at radius 3 is 2.79 bits per heavy atom. The van der Waals surface area contributed by atoms with E-state index in [-0.39, 0.29) is 11.9 Å². The molecule has 0 saturated carbocycles. The van der Waals surface area contributed by atoms with E-state index in [9.17, 15) is 4.79 Å². The zero-order valence-electron chi connectivity index (χ0n) is 15.1. The van der Waals surface area contributed by atoms with Crippen LogP contribution >= 0.6 is 0 Å². The molecule has 1 aliphatic heterocycles. The van der Waals surface area contributed by atoms with Crippen LogP contribution in [0, 0.1) is 20.8 Å². The number of rotatable bonds is 4. The standard InChI is InChI=1S/C18H27N5O/c1-13-10-19-22(11-13)17-6-5-7-21(12-17)18(24)9-16(4)23-15(3)8-14(2)20-23/h8,10-11,16-17H,5-7,9,12H2,1-4H3/t16-,17-/m0/s1. The van der Waals surface area contributed by atoms with Crippen LogP contribution in [0.1, 0.15) is 55.2 Å². The predicted octanol–water partition coefficient (Wildman–Crippen LogP) is 2.82. The van der Waals surface area contributed by atoms with Gasteiger partial charge in [-0.15, -0.1) is 0 Å². The lowest BCUT2D eigenvalue weighted by Crippen LogP contribution is -2.41. The van der Waals surface area contributed by atoms with Crippen molar-refractivity contribution in [3.63, 3.8) is 0 Å². The van der Waals surface area contributed by atoms with E-state index in [1.807, 2.05) is 41.2 Å². The first-order chi connectivity index (χ1) is 11.4. The maximum absolute atomic E-state index is 12.7. The summed E-state index contributed by atoms with van der Waals surface area (Å²) in [6.07, 6.45) is 6.55. The number of hydrogen-bond donors (Lipinski definition) is 0. The normalized spacial score (nSPS) is 19.5. The monoisotopic (exact) mass is 329 g/mol. The summed E-state index contributed by atoms with van der Waals surface area (Å²) in [6, 6.07) is 2.43. The summed E-state index contributed by atoms with van der Waals surface area (Å²) in [4.78, 5) is 14.7. The van der Waals surface area contributed by atoms with E-state index in [1.165, 1.54) is 0 Å². The molecule has 130 valence electrons. The van der Waals surface area contributed by atoms with E-state index in [4.69, 9.17) is 0 Å². The number of aryl methyl sites for hydroxylation is 3. The van der Waals surface area contributed by atoms with Gasteiger partial charge in [-0.05, 0) is 52.2 Å². The average molecular weight is 329 g/mol. The fourth-order valence-corrected chi connectivity index (χ4v) is 3.59. The molecule has 24 heavy (non-hydrogen) atoms. The van der Waals surface area contributed by atoms with Crippen LogP contribution < -0.4 is 0 Å². The van der Waals surface area contributed by atoms with Crippen LogP contribution in [0.25, 0.3) is 0 Å². The summed E-state index contributed by atoms with van der Waals surface area (Å²) in [5.74, 6) is 0.212. The molecule has 1 amide bonds. The first-order valence-corrected chi connectivity index (χ1v) is 8.75. The van der Waals surface area contributed by atoms with Crippen molar-refractivity contribution in [2.75, 3.05) is 13.1 Å². The molecule has 1 saturated heterocycles. The fourth-order valence-electron chi connectivity index (χ4n) is 3.59. The van der Waals surface area contributed by atoms with Crippen molar-refractivity contribution >= 4 is 5.91 Å². The zero-order chi connectivity index (χ0) is 17.3. The lowest BCUT2D eigenvalue weighted by Gasteiger charge is -2.33. The summed E-state index contributed by atoms with van der Waals surface area (Å²) >= 11 is 0. The number of hydrogen-bond acceptors (Lipinski definition) is 3. The third-order valence-electron chi connectivity index (χ3n) is 4.79. The van der Waals surface area contributed by atoms with Gasteiger partial charge in [0.25, 0.3) is 0 Å². The van der Waals surface area contributed by atoms with Crippen LogP contribution in [-0.4, -0.2) is 43.5 Å². The Morgan fingerprint density at radius 1 is 1.38 bits per heavy atom. The highest BCUT2D eigenvalue weighted by atomic mass is 16.2. The molecule has 2 aromatic heterocycles. The van der Waals surface area contributed by atoms with Crippen molar-refractivity contribution < 1.29 is 4.79 Å². The molecule has 1 aliphatic rings. The summed E-state index contributed by atoms with van der Waals surface area (Å²) in [6.45, 7) is 9.74. The van der Waals surface area contributed by atoms with Crippen LogP contribution in [0.3, 0.4) is 0 Å². The van der Waals surface area contributed by atoms with E-state index in [0.29, 0.717) is 12.5 Å². The van der Waals surface area contributed by atoms with Crippen molar-refractivity contribution in [2.24, 2.45) is 0 Å². The van der Waals surface area contributed by atoms with Gasteiger partial charge in [0, 0.05) is 31.4 Å². The van der Waals surface area contributed by atoms with Crippen molar-refractivity contribution in [1.82, 2.24) is 24.5 Å². The van der Waals surface area contributed by atoms with E-state index < -0.39 is 0 Å². The Labute approximate surface area is 143 Å². The quantitative estimate of drug-likeness (QED) is 0.867. The SMILES string of the molecule is Cc1cnn([C@H]2CCCN(C(=O)C[C@H](C)n3nc(C)cc3C)C2)c1. The highest BCUT2D eigenvalue weighted by Gasteiger charge is 2.26. The molecule has 1 fully saturated rings. The summed E-state index contributed by atoms with van der Waals surface area (Å²) in [7, 11) is 0. The molecule has 6 heteroatoms. The van der Waals surface area contributed by atoms with Crippen LogP contribution in [-0.2, 0) is 4.79 Å². The Balaban J connectivity index is 1.63. The van der Waals surface area contributed by atoms with Gasteiger partial charge in [0.05, 0.1) is 24.0 Å². The Bertz CT molecular complexity index is 717. The third kappa shape index (κ3) is 3.52. The first-order valence-electron chi connectivity index (χ1n) is 8.75. The highest BCUT2D eigenvalue weighted by Crippen LogP contribution is 2.23. The van der Waals surface area contributed by atoms with E-state index in [0.717, 1.165) is 42.9 Å². The summed E-state index contributed by atoms with van der Waals surface area (Å²) in [5, 5.41) is 8.93. The number of likely N-dealkylation sites (tertiary alicyclic amines) is 1. The van der Waals surface area contributed by atoms with Crippen LogP contribution in [0.4, 0.5) is 0 Å². The summed E-state index contributed by atoms with van der Waals surface area (Å²) in [5.41, 5.74) is 3.27. The minimum absolute atomic E-state index is 0.0820. The maximum atomic E-state index is 12.7.